The minimum absolute atomic E-state index is 0.140. The Morgan fingerprint density at radius 1 is 1.38 bits per heavy atom. The molecule has 4 nitrogen and oxygen atoms in total. The Bertz CT molecular complexity index is 243. The van der Waals surface area contributed by atoms with Crippen LogP contribution in [0.15, 0.2) is 0 Å². The number of piperidine rings is 1. The summed E-state index contributed by atoms with van der Waals surface area (Å²) in [5.41, 5.74) is 0. The highest BCUT2D eigenvalue weighted by Gasteiger charge is 2.17. The summed E-state index contributed by atoms with van der Waals surface area (Å²) in [5.74, 6) is 0.691. The Hall–Kier alpha value is -0.130. The van der Waals surface area contributed by atoms with E-state index in [-0.39, 0.29) is 5.75 Å². The predicted octanol–water partition coefficient (Wildman–Crippen LogP) is 0.00680. The molecular formula is C8H18N2O2S. The second-order valence-electron chi connectivity index (χ2n) is 3.90. The van der Waals surface area contributed by atoms with E-state index in [1.807, 2.05) is 0 Å². The number of nitrogens with zero attached hydrogens (tertiary/aromatic N) is 1. The third-order valence-corrected chi connectivity index (χ3v) is 3.45. The fourth-order valence-electron chi connectivity index (χ4n) is 1.68. The van der Waals surface area contributed by atoms with E-state index in [9.17, 15) is 8.42 Å². The summed E-state index contributed by atoms with van der Waals surface area (Å²) in [6.45, 7) is 2.16. The van der Waals surface area contributed by atoms with Gasteiger partial charge in [0.15, 0.2) is 0 Å². The van der Waals surface area contributed by atoms with Crippen LogP contribution in [0, 0.1) is 5.92 Å². The van der Waals surface area contributed by atoms with Gasteiger partial charge >= 0.3 is 0 Å². The van der Waals surface area contributed by atoms with Crippen molar-refractivity contribution in [2.45, 2.75) is 19.3 Å². The molecule has 2 N–H and O–H groups in total. The third kappa shape index (κ3) is 4.59. The Kier molecular flexibility index (Phi) is 3.70. The molecule has 1 aliphatic heterocycles. The number of hydrogen-bond donors (Lipinski definition) is 1. The highest BCUT2D eigenvalue weighted by molar-refractivity contribution is 7.89. The van der Waals surface area contributed by atoms with Crippen molar-refractivity contribution in [2.24, 2.45) is 11.1 Å². The molecule has 0 aliphatic carbocycles. The molecular weight excluding hydrogens is 188 g/mol. The minimum atomic E-state index is -3.25. The average Bonchev–Trinajstić information content (AvgIpc) is 2.02. The first kappa shape index (κ1) is 10.9. The second-order valence-corrected chi connectivity index (χ2v) is 5.64. The lowest BCUT2D eigenvalue weighted by Crippen LogP contribution is -2.31. The molecule has 0 amide bonds. The Labute approximate surface area is 80.1 Å². The molecule has 78 valence electrons. The first-order valence-electron chi connectivity index (χ1n) is 4.66. The molecule has 13 heavy (non-hydrogen) atoms. The van der Waals surface area contributed by atoms with Gasteiger partial charge in [-0.15, -0.1) is 0 Å². The predicted molar refractivity (Wildman–Crippen MR) is 52.8 cm³/mol. The van der Waals surface area contributed by atoms with Crippen molar-refractivity contribution in [1.29, 1.82) is 0 Å². The zero-order valence-corrected chi connectivity index (χ0v) is 8.89. The maximum atomic E-state index is 10.7. The summed E-state index contributed by atoms with van der Waals surface area (Å²) in [7, 11) is -1.16. The lowest BCUT2D eigenvalue weighted by Gasteiger charge is -2.28. The van der Waals surface area contributed by atoms with Gasteiger partial charge in [0.1, 0.15) is 0 Å². The molecule has 0 spiro atoms. The van der Waals surface area contributed by atoms with Gasteiger partial charge in [-0.25, -0.2) is 13.6 Å². The quantitative estimate of drug-likeness (QED) is 0.707. The highest BCUT2D eigenvalue weighted by Crippen LogP contribution is 2.19. The molecule has 0 aromatic heterocycles. The van der Waals surface area contributed by atoms with Gasteiger partial charge in [0, 0.05) is 0 Å². The van der Waals surface area contributed by atoms with E-state index in [4.69, 9.17) is 5.14 Å². The van der Waals surface area contributed by atoms with Gasteiger partial charge in [0.2, 0.25) is 10.0 Å². The van der Waals surface area contributed by atoms with Crippen LogP contribution in [0.1, 0.15) is 19.3 Å². The zero-order valence-electron chi connectivity index (χ0n) is 8.07. The Morgan fingerprint density at radius 3 is 2.38 bits per heavy atom. The van der Waals surface area contributed by atoms with Crippen LogP contribution in [0.2, 0.25) is 0 Å². The van der Waals surface area contributed by atoms with Crippen molar-refractivity contribution >= 4 is 10.0 Å². The summed E-state index contributed by atoms with van der Waals surface area (Å²) < 4.78 is 21.4. The zero-order chi connectivity index (χ0) is 9.90. The van der Waals surface area contributed by atoms with Crippen LogP contribution in [0.25, 0.3) is 0 Å². The summed E-state index contributed by atoms with van der Waals surface area (Å²) in [6.07, 6.45) is 2.94. The van der Waals surface area contributed by atoms with Crippen molar-refractivity contribution < 1.29 is 8.42 Å². The molecule has 0 bridgehead atoms. The van der Waals surface area contributed by atoms with Crippen LogP contribution in [0.4, 0.5) is 0 Å². The number of nitrogens with two attached hydrogens (primary N) is 1. The lowest BCUT2D eigenvalue weighted by molar-refractivity contribution is 0.216. The van der Waals surface area contributed by atoms with E-state index >= 15 is 0 Å². The lowest BCUT2D eigenvalue weighted by atomic mass is 9.95. The van der Waals surface area contributed by atoms with Crippen LogP contribution in [-0.2, 0) is 10.0 Å². The van der Waals surface area contributed by atoms with E-state index in [1.54, 1.807) is 0 Å². The molecule has 5 heteroatoms. The van der Waals surface area contributed by atoms with Gasteiger partial charge in [0.05, 0.1) is 5.75 Å². The maximum Gasteiger partial charge on any atom is 0.209 e. The normalized spacial score (nSPS) is 22.0. The number of likely N-dealkylation sites (tertiary alicyclic amines) is 1. The number of hydrogen-bond acceptors (Lipinski definition) is 3. The fraction of sp³-hybridized carbons (Fsp3) is 1.00. The first-order valence-corrected chi connectivity index (χ1v) is 6.38. The Morgan fingerprint density at radius 2 is 1.92 bits per heavy atom. The van der Waals surface area contributed by atoms with Crippen LogP contribution in [0.5, 0.6) is 0 Å². The second kappa shape index (κ2) is 4.39. The van der Waals surface area contributed by atoms with Crippen LogP contribution in [-0.4, -0.2) is 39.2 Å². The van der Waals surface area contributed by atoms with Gasteiger partial charge in [-0.05, 0) is 45.3 Å². The van der Waals surface area contributed by atoms with Crippen molar-refractivity contribution in [3.8, 4) is 0 Å². The van der Waals surface area contributed by atoms with E-state index in [2.05, 4.69) is 11.9 Å². The molecule has 1 saturated heterocycles. The van der Waals surface area contributed by atoms with Crippen molar-refractivity contribution in [3.05, 3.63) is 0 Å². The SMILES string of the molecule is CN1CCC(CCS(N)(=O)=O)CC1. The van der Waals surface area contributed by atoms with Crippen molar-refractivity contribution in [3.63, 3.8) is 0 Å². The molecule has 1 rings (SSSR count). The first-order chi connectivity index (χ1) is 5.97. The maximum absolute atomic E-state index is 10.7. The van der Waals surface area contributed by atoms with E-state index < -0.39 is 10.0 Å². The van der Waals surface area contributed by atoms with E-state index in [0.717, 1.165) is 32.4 Å². The van der Waals surface area contributed by atoms with E-state index in [0.29, 0.717) is 5.92 Å². The number of sulfonamides is 1. The molecule has 0 aromatic rings. The van der Waals surface area contributed by atoms with Crippen LogP contribution in [0.3, 0.4) is 0 Å². The highest BCUT2D eigenvalue weighted by atomic mass is 32.2. The third-order valence-electron chi connectivity index (χ3n) is 2.65. The van der Waals surface area contributed by atoms with Crippen molar-refractivity contribution in [2.75, 3.05) is 25.9 Å². The number of primary sulfonamides is 1. The molecule has 0 aromatic carbocycles. The van der Waals surface area contributed by atoms with Crippen molar-refractivity contribution in [1.82, 2.24) is 4.90 Å². The Balaban J connectivity index is 2.24. The average molecular weight is 206 g/mol. The summed E-state index contributed by atoms with van der Waals surface area (Å²) >= 11 is 0. The molecule has 0 radical (unpaired) electrons. The van der Waals surface area contributed by atoms with Crippen LogP contribution >= 0.6 is 0 Å². The van der Waals surface area contributed by atoms with Gasteiger partial charge in [-0.3, -0.25) is 0 Å². The monoisotopic (exact) mass is 206 g/mol. The van der Waals surface area contributed by atoms with Crippen LogP contribution < -0.4 is 5.14 Å². The minimum Gasteiger partial charge on any atom is -0.306 e. The van der Waals surface area contributed by atoms with Gasteiger partial charge in [0.25, 0.3) is 0 Å². The fourth-order valence-corrected chi connectivity index (χ4v) is 2.34. The topological polar surface area (TPSA) is 63.4 Å². The molecule has 0 atom stereocenters. The molecule has 0 unspecified atom stereocenters. The molecule has 1 aliphatic rings. The molecule has 1 heterocycles. The van der Waals surface area contributed by atoms with E-state index in [1.165, 1.54) is 0 Å². The standard InChI is InChI=1S/C8H18N2O2S/c1-10-5-2-8(3-6-10)4-7-13(9,11)12/h8H,2-7H2,1H3,(H2,9,11,12). The molecule has 0 saturated carbocycles. The van der Waals surface area contributed by atoms with Gasteiger partial charge < -0.3 is 4.90 Å². The largest absolute Gasteiger partial charge is 0.306 e. The van der Waals surface area contributed by atoms with Gasteiger partial charge in [-0.1, -0.05) is 0 Å². The summed E-state index contributed by atoms with van der Waals surface area (Å²) in [5, 5.41) is 4.94. The van der Waals surface area contributed by atoms with Gasteiger partial charge in [-0.2, -0.15) is 0 Å². The molecule has 1 fully saturated rings. The smallest absolute Gasteiger partial charge is 0.209 e. The summed E-state index contributed by atoms with van der Waals surface area (Å²) in [6, 6.07) is 0. The number of rotatable bonds is 3. The summed E-state index contributed by atoms with van der Waals surface area (Å²) in [4.78, 5) is 2.27.